The van der Waals surface area contributed by atoms with Crippen LogP contribution in [0.4, 0.5) is 0 Å². The molecule has 1 unspecified atom stereocenters. The van der Waals surface area contributed by atoms with Crippen molar-refractivity contribution in [3.8, 4) is 6.07 Å². The molecule has 1 aromatic rings. The van der Waals surface area contributed by atoms with Crippen LogP contribution in [0.3, 0.4) is 0 Å². The lowest BCUT2D eigenvalue weighted by atomic mass is 9.98. The quantitative estimate of drug-likeness (QED) is 0.790. The van der Waals surface area contributed by atoms with Crippen LogP contribution < -0.4 is 0 Å². The van der Waals surface area contributed by atoms with E-state index in [1.165, 1.54) is 25.5 Å². The molecule has 0 aliphatic carbocycles. The van der Waals surface area contributed by atoms with E-state index in [9.17, 15) is 4.79 Å². The Balaban J connectivity index is 2.00. The topological polar surface area (TPSA) is 53.3 Å². The minimum atomic E-state index is -0.137. The molecule has 1 heterocycles. The number of carbonyl (C=O) groups excluding carboxylic acids is 1. The van der Waals surface area contributed by atoms with Crippen molar-refractivity contribution in [2.75, 3.05) is 13.7 Å². The number of nitriles is 1. The minimum Gasteiger partial charge on any atom is -0.469 e. The van der Waals surface area contributed by atoms with Crippen molar-refractivity contribution in [2.24, 2.45) is 0 Å². The van der Waals surface area contributed by atoms with E-state index in [1.54, 1.807) is 0 Å². The molecular formula is C16H20N2O2. The predicted octanol–water partition coefficient (Wildman–Crippen LogP) is 2.48. The van der Waals surface area contributed by atoms with E-state index in [2.05, 4.69) is 11.0 Å². The van der Waals surface area contributed by atoms with E-state index in [0.717, 1.165) is 19.5 Å². The first-order valence-corrected chi connectivity index (χ1v) is 7.03. The summed E-state index contributed by atoms with van der Waals surface area (Å²) < 4.78 is 4.78. The number of nitrogens with zero attached hydrogens (tertiary/aromatic N) is 2. The van der Waals surface area contributed by atoms with Crippen LogP contribution in [-0.2, 0) is 16.1 Å². The fourth-order valence-corrected chi connectivity index (χ4v) is 2.69. The van der Waals surface area contributed by atoms with Gasteiger partial charge in [0.25, 0.3) is 0 Å². The Bertz CT molecular complexity index is 490. The Hall–Kier alpha value is -1.86. The number of methoxy groups -OCH3 is 1. The predicted molar refractivity (Wildman–Crippen MR) is 75.8 cm³/mol. The maximum atomic E-state index is 11.5. The second kappa shape index (κ2) is 7.06. The second-order valence-electron chi connectivity index (χ2n) is 5.21. The molecule has 0 amide bonds. The highest BCUT2D eigenvalue weighted by Gasteiger charge is 2.24. The average Bonchev–Trinajstić information content (AvgIpc) is 2.50. The highest BCUT2D eigenvalue weighted by Crippen LogP contribution is 2.22. The third kappa shape index (κ3) is 3.82. The molecule has 4 heteroatoms. The molecule has 1 aliphatic heterocycles. The van der Waals surface area contributed by atoms with E-state index < -0.39 is 0 Å². The van der Waals surface area contributed by atoms with Gasteiger partial charge < -0.3 is 4.74 Å². The van der Waals surface area contributed by atoms with Crippen molar-refractivity contribution < 1.29 is 9.53 Å². The van der Waals surface area contributed by atoms with Crippen LogP contribution in [0.25, 0.3) is 0 Å². The Morgan fingerprint density at radius 2 is 2.15 bits per heavy atom. The van der Waals surface area contributed by atoms with Gasteiger partial charge in [-0.2, -0.15) is 5.26 Å². The first kappa shape index (κ1) is 14.5. The average molecular weight is 272 g/mol. The molecule has 106 valence electrons. The third-order valence-corrected chi connectivity index (χ3v) is 3.85. The normalized spacial score (nSPS) is 19.3. The number of hydrogen-bond donors (Lipinski definition) is 0. The standard InChI is InChI=1S/C16H20N2O2/c1-20-16(19)10-15-4-2-3-9-18(15)12-14-7-5-13(11-17)6-8-14/h5-8,15H,2-4,9-10,12H2,1H3. The Kier molecular flexibility index (Phi) is 5.14. The van der Waals surface area contributed by atoms with Crippen LogP contribution in [0.2, 0.25) is 0 Å². The van der Waals surface area contributed by atoms with Crippen molar-refractivity contribution in [1.29, 1.82) is 5.26 Å². The summed E-state index contributed by atoms with van der Waals surface area (Å²) in [5, 5.41) is 8.81. The third-order valence-electron chi connectivity index (χ3n) is 3.85. The zero-order valence-electron chi connectivity index (χ0n) is 11.8. The number of hydrogen-bond acceptors (Lipinski definition) is 4. The van der Waals surface area contributed by atoms with Crippen LogP contribution in [0, 0.1) is 11.3 Å². The monoisotopic (exact) mass is 272 g/mol. The summed E-state index contributed by atoms with van der Waals surface area (Å²) in [4.78, 5) is 13.8. The van der Waals surface area contributed by atoms with Gasteiger partial charge in [-0.25, -0.2) is 0 Å². The maximum absolute atomic E-state index is 11.5. The molecule has 4 nitrogen and oxygen atoms in total. The molecule has 1 saturated heterocycles. The van der Waals surface area contributed by atoms with Gasteiger partial charge in [0.2, 0.25) is 0 Å². The molecular weight excluding hydrogens is 252 g/mol. The van der Waals surface area contributed by atoms with Crippen molar-refractivity contribution in [3.63, 3.8) is 0 Å². The molecule has 1 aromatic carbocycles. The van der Waals surface area contributed by atoms with Gasteiger partial charge in [0.15, 0.2) is 0 Å². The molecule has 20 heavy (non-hydrogen) atoms. The number of piperidine rings is 1. The van der Waals surface area contributed by atoms with E-state index in [-0.39, 0.29) is 12.0 Å². The van der Waals surface area contributed by atoms with Gasteiger partial charge >= 0.3 is 5.97 Å². The first-order chi connectivity index (χ1) is 9.72. The van der Waals surface area contributed by atoms with Crippen molar-refractivity contribution >= 4 is 5.97 Å². The Morgan fingerprint density at radius 1 is 1.40 bits per heavy atom. The number of benzene rings is 1. The van der Waals surface area contributed by atoms with Gasteiger partial charge in [0.05, 0.1) is 25.2 Å². The van der Waals surface area contributed by atoms with Crippen molar-refractivity contribution in [3.05, 3.63) is 35.4 Å². The summed E-state index contributed by atoms with van der Waals surface area (Å²) in [6.07, 6.45) is 3.86. The number of likely N-dealkylation sites (tertiary alicyclic amines) is 1. The summed E-state index contributed by atoms with van der Waals surface area (Å²) in [7, 11) is 1.44. The first-order valence-electron chi connectivity index (χ1n) is 7.03. The van der Waals surface area contributed by atoms with Gasteiger partial charge in [-0.15, -0.1) is 0 Å². The fourth-order valence-electron chi connectivity index (χ4n) is 2.69. The molecule has 0 N–H and O–H groups in total. The Morgan fingerprint density at radius 3 is 2.80 bits per heavy atom. The van der Waals surface area contributed by atoms with Gasteiger partial charge in [0, 0.05) is 12.6 Å². The van der Waals surface area contributed by atoms with Crippen LogP contribution in [0.15, 0.2) is 24.3 Å². The zero-order valence-corrected chi connectivity index (χ0v) is 11.8. The summed E-state index contributed by atoms with van der Waals surface area (Å²) in [6.45, 7) is 1.84. The lowest BCUT2D eigenvalue weighted by Gasteiger charge is -2.35. The van der Waals surface area contributed by atoms with Gasteiger partial charge in [-0.3, -0.25) is 9.69 Å². The van der Waals surface area contributed by atoms with Gasteiger partial charge in [-0.1, -0.05) is 18.6 Å². The van der Waals surface area contributed by atoms with E-state index in [0.29, 0.717) is 12.0 Å². The molecule has 1 fully saturated rings. The molecule has 1 atom stereocenters. The lowest BCUT2D eigenvalue weighted by molar-refractivity contribution is -0.142. The molecule has 1 aliphatic rings. The fraction of sp³-hybridized carbons (Fsp3) is 0.500. The van der Waals surface area contributed by atoms with E-state index >= 15 is 0 Å². The molecule has 0 bridgehead atoms. The largest absolute Gasteiger partial charge is 0.469 e. The molecule has 2 rings (SSSR count). The second-order valence-corrected chi connectivity index (χ2v) is 5.21. The lowest BCUT2D eigenvalue weighted by Crippen LogP contribution is -2.40. The number of rotatable bonds is 4. The molecule has 0 aromatic heterocycles. The van der Waals surface area contributed by atoms with Crippen molar-refractivity contribution in [1.82, 2.24) is 4.90 Å². The highest BCUT2D eigenvalue weighted by molar-refractivity contribution is 5.69. The maximum Gasteiger partial charge on any atom is 0.307 e. The summed E-state index contributed by atoms with van der Waals surface area (Å²) in [5.41, 5.74) is 1.86. The van der Waals surface area contributed by atoms with Gasteiger partial charge in [-0.05, 0) is 37.1 Å². The van der Waals surface area contributed by atoms with E-state index in [4.69, 9.17) is 10.00 Å². The van der Waals surface area contributed by atoms with E-state index in [1.807, 2.05) is 24.3 Å². The smallest absolute Gasteiger partial charge is 0.307 e. The van der Waals surface area contributed by atoms with Gasteiger partial charge in [0.1, 0.15) is 0 Å². The highest BCUT2D eigenvalue weighted by atomic mass is 16.5. The molecule has 0 spiro atoms. The summed E-state index contributed by atoms with van der Waals surface area (Å²) in [6, 6.07) is 10.1. The number of ether oxygens (including phenoxy) is 1. The van der Waals surface area contributed by atoms with Crippen LogP contribution in [0.5, 0.6) is 0 Å². The van der Waals surface area contributed by atoms with Crippen LogP contribution in [0.1, 0.15) is 36.8 Å². The number of carbonyl (C=O) groups is 1. The molecule has 0 saturated carbocycles. The molecule has 0 radical (unpaired) electrons. The summed E-state index contributed by atoms with van der Waals surface area (Å²) in [5.74, 6) is -0.137. The minimum absolute atomic E-state index is 0.137. The zero-order chi connectivity index (χ0) is 14.4. The SMILES string of the molecule is COC(=O)CC1CCCCN1Cc1ccc(C#N)cc1. The summed E-state index contributed by atoms with van der Waals surface area (Å²) >= 11 is 0. The Labute approximate surface area is 120 Å². The van der Waals surface area contributed by atoms with Crippen LogP contribution in [-0.4, -0.2) is 30.6 Å². The van der Waals surface area contributed by atoms with Crippen LogP contribution >= 0.6 is 0 Å². The van der Waals surface area contributed by atoms with Crippen molar-refractivity contribution in [2.45, 2.75) is 38.3 Å². The number of esters is 1.